The molecule has 0 aliphatic heterocycles. The summed E-state index contributed by atoms with van der Waals surface area (Å²) in [5.74, 6) is 0. The molecule has 0 atom stereocenters. The highest BCUT2D eigenvalue weighted by Gasteiger charge is 2.14. The molecular formula is C11H12N4O3. The van der Waals surface area contributed by atoms with Crippen molar-refractivity contribution in [3.63, 3.8) is 0 Å². The van der Waals surface area contributed by atoms with Crippen LogP contribution in [0.5, 0.6) is 0 Å². The number of nitro groups is 1. The molecule has 1 heterocycles. The third kappa shape index (κ3) is 2.07. The Morgan fingerprint density at radius 3 is 2.89 bits per heavy atom. The van der Waals surface area contributed by atoms with Crippen molar-refractivity contribution in [2.75, 3.05) is 0 Å². The summed E-state index contributed by atoms with van der Waals surface area (Å²) in [6, 6.07) is 6.14. The van der Waals surface area contributed by atoms with E-state index in [0.717, 1.165) is 5.69 Å². The van der Waals surface area contributed by atoms with Crippen LogP contribution in [0.4, 0.5) is 5.69 Å². The van der Waals surface area contributed by atoms with Crippen LogP contribution in [0.25, 0.3) is 5.69 Å². The van der Waals surface area contributed by atoms with E-state index in [9.17, 15) is 10.1 Å². The molecule has 1 N–H and O–H groups in total. The summed E-state index contributed by atoms with van der Waals surface area (Å²) in [6.45, 7) is 1.71. The maximum atomic E-state index is 10.7. The number of aliphatic hydroxyl groups excluding tert-OH is 1. The number of benzene rings is 1. The van der Waals surface area contributed by atoms with Gasteiger partial charge in [0.25, 0.3) is 5.69 Å². The van der Waals surface area contributed by atoms with Crippen molar-refractivity contribution in [3.05, 3.63) is 45.8 Å². The van der Waals surface area contributed by atoms with E-state index in [1.807, 2.05) is 6.92 Å². The van der Waals surface area contributed by atoms with Gasteiger partial charge in [0.1, 0.15) is 5.69 Å². The number of aromatic nitrogens is 3. The second-order valence-electron chi connectivity index (χ2n) is 3.68. The SMILES string of the molecule is CCc1c(CO)nnn1-c1cccc([N+](=O)[O-])c1. The van der Waals surface area contributed by atoms with Crippen molar-refractivity contribution < 1.29 is 10.0 Å². The number of hydrogen-bond acceptors (Lipinski definition) is 5. The molecule has 1 aromatic heterocycles. The van der Waals surface area contributed by atoms with Crippen LogP contribution in [0.2, 0.25) is 0 Å². The van der Waals surface area contributed by atoms with Gasteiger partial charge in [0.05, 0.1) is 22.9 Å². The van der Waals surface area contributed by atoms with Crippen LogP contribution >= 0.6 is 0 Å². The molecule has 0 fully saturated rings. The number of non-ortho nitro benzene ring substituents is 1. The lowest BCUT2D eigenvalue weighted by molar-refractivity contribution is -0.384. The van der Waals surface area contributed by atoms with Crippen LogP contribution in [-0.4, -0.2) is 25.0 Å². The minimum absolute atomic E-state index is 0.00407. The van der Waals surface area contributed by atoms with Crippen molar-refractivity contribution in [1.82, 2.24) is 15.0 Å². The van der Waals surface area contributed by atoms with E-state index in [4.69, 9.17) is 5.11 Å². The normalized spacial score (nSPS) is 10.6. The van der Waals surface area contributed by atoms with Gasteiger partial charge in [-0.1, -0.05) is 18.2 Å². The Balaban J connectivity index is 2.51. The van der Waals surface area contributed by atoms with Crippen molar-refractivity contribution in [2.45, 2.75) is 20.0 Å². The van der Waals surface area contributed by atoms with Gasteiger partial charge in [0.2, 0.25) is 0 Å². The standard InChI is InChI=1S/C11H12N4O3/c1-2-11-10(7-16)12-13-14(11)8-4-3-5-9(6-8)15(17)18/h3-6,16H,2,7H2,1H3. The zero-order valence-electron chi connectivity index (χ0n) is 9.78. The molecule has 94 valence electrons. The van der Waals surface area contributed by atoms with Crippen molar-refractivity contribution in [3.8, 4) is 5.69 Å². The lowest BCUT2D eigenvalue weighted by Crippen LogP contribution is -2.03. The zero-order valence-corrected chi connectivity index (χ0v) is 9.78. The van der Waals surface area contributed by atoms with E-state index in [1.165, 1.54) is 16.8 Å². The minimum Gasteiger partial charge on any atom is -0.390 e. The van der Waals surface area contributed by atoms with Crippen molar-refractivity contribution in [2.24, 2.45) is 0 Å². The van der Waals surface area contributed by atoms with Gasteiger partial charge < -0.3 is 5.11 Å². The highest BCUT2D eigenvalue weighted by molar-refractivity contribution is 5.43. The molecule has 2 aromatic rings. The van der Waals surface area contributed by atoms with Gasteiger partial charge >= 0.3 is 0 Å². The summed E-state index contributed by atoms with van der Waals surface area (Å²) in [5.41, 5.74) is 1.80. The highest BCUT2D eigenvalue weighted by Crippen LogP contribution is 2.18. The fourth-order valence-electron chi connectivity index (χ4n) is 1.76. The molecule has 0 bridgehead atoms. The largest absolute Gasteiger partial charge is 0.390 e. The first kappa shape index (κ1) is 12.2. The summed E-state index contributed by atoms with van der Waals surface area (Å²) in [6.07, 6.45) is 0.631. The van der Waals surface area contributed by atoms with Gasteiger partial charge in [-0.25, -0.2) is 4.68 Å². The Hall–Kier alpha value is -2.28. The minimum atomic E-state index is -0.459. The predicted molar refractivity (Wildman–Crippen MR) is 63.3 cm³/mol. The average molecular weight is 248 g/mol. The van der Waals surface area contributed by atoms with Crippen LogP contribution < -0.4 is 0 Å². The van der Waals surface area contributed by atoms with E-state index in [2.05, 4.69) is 10.3 Å². The molecule has 7 nitrogen and oxygen atoms in total. The molecule has 0 aliphatic carbocycles. The molecule has 18 heavy (non-hydrogen) atoms. The Kier molecular flexibility index (Phi) is 3.33. The third-order valence-electron chi connectivity index (χ3n) is 2.61. The summed E-state index contributed by atoms with van der Waals surface area (Å²) in [5, 5.41) is 27.6. The van der Waals surface area contributed by atoms with E-state index in [1.54, 1.807) is 12.1 Å². The number of nitrogens with zero attached hydrogens (tertiary/aromatic N) is 4. The molecule has 2 rings (SSSR count). The van der Waals surface area contributed by atoms with E-state index >= 15 is 0 Å². The van der Waals surface area contributed by atoms with Gasteiger partial charge in [0.15, 0.2) is 0 Å². The number of rotatable bonds is 4. The molecule has 1 aromatic carbocycles. The maximum absolute atomic E-state index is 10.7. The van der Waals surface area contributed by atoms with Gasteiger partial charge in [-0.2, -0.15) is 0 Å². The molecule has 0 amide bonds. The van der Waals surface area contributed by atoms with Gasteiger partial charge in [-0.3, -0.25) is 10.1 Å². The van der Waals surface area contributed by atoms with Crippen LogP contribution in [0, 0.1) is 10.1 Å². The van der Waals surface area contributed by atoms with Crippen LogP contribution in [-0.2, 0) is 13.0 Å². The smallest absolute Gasteiger partial charge is 0.271 e. The molecule has 0 radical (unpaired) electrons. The van der Waals surface area contributed by atoms with Crippen LogP contribution in [0.1, 0.15) is 18.3 Å². The molecule has 0 saturated carbocycles. The molecule has 0 aliphatic rings. The summed E-state index contributed by atoms with van der Waals surface area (Å²) in [4.78, 5) is 10.3. The Morgan fingerprint density at radius 1 is 1.50 bits per heavy atom. The number of aliphatic hydroxyl groups is 1. The quantitative estimate of drug-likeness (QED) is 0.648. The summed E-state index contributed by atoms with van der Waals surface area (Å²) >= 11 is 0. The van der Waals surface area contributed by atoms with Gasteiger partial charge in [0, 0.05) is 12.1 Å². The lowest BCUT2D eigenvalue weighted by atomic mass is 10.2. The monoisotopic (exact) mass is 248 g/mol. The van der Waals surface area contributed by atoms with E-state index in [0.29, 0.717) is 17.8 Å². The zero-order chi connectivity index (χ0) is 13.1. The Labute approximate surface area is 103 Å². The molecule has 0 saturated heterocycles. The predicted octanol–water partition coefficient (Wildman–Crippen LogP) is 1.23. The average Bonchev–Trinajstić information content (AvgIpc) is 2.81. The second-order valence-corrected chi connectivity index (χ2v) is 3.68. The first-order chi connectivity index (χ1) is 8.67. The summed E-state index contributed by atoms with van der Waals surface area (Å²) < 4.78 is 1.51. The van der Waals surface area contributed by atoms with Crippen LogP contribution in [0.3, 0.4) is 0 Å². The first-order valence-electron chi connectivity index (χ1n) is 5.46. The van der Waals surface area contributed by atoms with E-state index in [-0.39, 0.29) is 12.3 Å². The fourth-order valence-corrected chi connectivity index (χ4v) is 1.76. The lowest BCUT2D eigenvalue weighted by Gasteiger charge is -2.05. The Bertz CT molecular complexity index is 579. The van der Waals surface area contributed by atoms with Gasteiger partial charge in [-0.05, 0) is 12.5 Å². The van der Waals surface area contributed by atoms with Crippen LogP contribution in [0.15, 0.2) is 24.3 Å². The first-order valence-corrected chi connectivity index (χ1v) is 5.46. The Morgan fingerprint density at radius 2 is 2.28 bits per heavy atom. The van der Waals surface area contributed by atoms with Gasteiger partial charge in [-0.15, -0.1) is 5.10 Å². The molecular weight excluding hydrogens is 236 g/mol. The third-order valence-corrected chi connectivity index (χ3v) is 2.61. The highest BCUT2D eigenvalue weighted by atomic mass is 16.6. The summed E-state index contributed by atoms with van der Waals surface area (Å²) in [7, 11) is 0. The van der Waals surface area contributed by atoms with E-state index < -0.39 is 4.92 Å². The molecule has 0 spiro atoms. The second kappa shape index (κ2) is 4.92. The number of hydrogen-bond donors (Lipinski definition) is 1. The molecule has 0 unspecified atom stereocenters. The fraction of sp³-hybridized carbons (Fsp3) is 0.273. The molecule has 7 heteroatoms. The number of nitro benzene ring substituents is 1. The maximum Gasteiger partial charge on any atom is 0.271 e. The van der Waals surface area contributed by atoms with Crippen molar-refractivity contribution >= 4 is 5.69 Å². The topological polar surface area (TPSA) is 94.1 Å². The van der Waals surface area contributed by atoms with Crippen molar-refractivity contribution in [1.29, 1.82) is 0 Å².